The van der Waals surface area contributed by atoms with E-state index >= 15 is 0 Å². The maximum absolute atomic E-state index is 11.9. The Morgan fingerprint density at radius 3 is 2.75 bits per heavy atom. The van der Waals surface area contributed by atoms with Gasteiger partial charge in [-0.05, 0) is 23.8 Å². The molecule has 0 aliphatic carbocycles. The molecule has 2 rings (SSSR count). The fourth-order valence-electron chi connectivity index (χ4n) is 1.83. The number of hydrogen-bond donors (Lipinski definition) is 1. The Morgan fingerprint density at radius 1 is 1.40 bits per heavy atom. The maximum Gasteiger partial charge on any atom is 0.271 e. The van der Waals surface area contributed by atoms with E-state index in [2.05, 4.69) is 10.4 Å². The molecule has 0 spiro atoms. The van der Waals surface area contributed by atoms with Gasteiger partial charge in [0.05, 0.1) is 12.3 Å². The molecule has 2 aromatic rings. The SMILES string of the molecule is COCCNC(=O)c1cc(-c2ccc(Cl)cc2)n(C)n1. The number of aryl methyl sites for hydroxylation is 1. The van der Waals surface area contributed by atoms with Gasteiger partial charge in [-0.3, -0.25) is 9.48 Å². The van der Waals surface area contributed by atoms with Gasteiger partial charge in [0, 0.05) is 25.7 Å². The summed E-state index contributed by atoms with van der Waals surface area (Å²) in [5.41, 5.74) is 2.20. The van der Waals surface area contributed by atoms with Crippen LogP contribution in [-0.2, 0) is 11.8 Å². The van der Waals surface area contributed by atoms with Crippen LogP contribution in [-0.4, -0.2) is 35.9 Å². The molecule has 0 aliphatic rings. The first-order chi connectivity index (χ1) is 9.61. The molecule has 0 saturated carbocycles. The van der Waals surface area contributed by atoms with Crippen molar-refractivity contribution in [2.24, 2.45) is 7.05 Å². The first kappa shape index (κ1) is 14.6. The molecule has 1 heterocycles. The van der Waals surface area contributed by atoms with E-state index in [0.29, 0.717) is 23.9 Å². The van der Waals surface area contributed by atoms with Crippen LogP contribution in [0.25, 0.3) is 11.3 Å². The van der Waals surface area contributed by atoms with Gasteiger partial charge in [0.25, 0.3) is 5.91 Å². The van der Waals surface area contributed by atoms with E-state index in [1.54, 1.807) is 24.9 Å². The third kappa shape index (κ3) is 3.37. The second kappa shape index (κ2) is 6.54. The molecule has 1 aromatic heterocycles. The number of methoxy groups -OCH3 is 1. The molecule has 1 aromatic carbocycles. The molecule has 1 N–H and O–H groups in total. The molecule has 106 valence electrons. The van der Waals surface area contributed by atoms with Gasteiger partial charge in [-0.1, -0.05) is 23.7 Å². The molecule has 5 nitrogen and oxygen atoms in total. The summed E-state index contributed by atoms with van der Waals surface area (Å²) in [6.07, 6.45) is 0. The monoisotopic (exact) mass is 293 g/mol. The van der Waals surface area contributed by atoms with E-state index in [1.807, 2.05) is 24.3 Å². The number of carbonyl (C=O) groups excluding carboxylic acids is 1. The minimum absolute atomic E-state index is 0.210. The highest BCUT2D eigenvalue weighted by atomic mass is 35.5. The van der Waals surface area contributed by atoms with Crippen LogP contribution in [0.1, 0.15) is 10.5 Å². The average Bonchev–Trinajstić information content (AvgIpc) is 2.82. The van der Waals surface area contributed by atoms with Crippen molar-refractivity contribution in [3.8, 4) is 11.3 Å². The second-order valence-electron chi connectivity index (χ2n) is 4.29. The molecule has 0 saturated heterocycles. The number of hydrogen-bond acceptors (Lipinski definition) is 3. The second-order valence-corrected chi connectivity index (χ2v) is 4.73. The van der Waals surface area contributed by atoms with Gasteiger partial charge < -0.3 is 10.1 Å². The van der Waals surface area contributed by atoms with Crippen molar-refractivity contribution in [3.63, 3.8) is 0 Å². The standard InChI is InChI=1S/C14H16ClN3O2/c1-18-13(10-3-5-11(15)6-4-10)9-12(17-18)14(19)16-7-8-20-2/h3-6,9H,7-8H2,1-2H3,(H,16,19). The molecule has 1 amide bonds. The van der Waals surface area contributed by atoms with E-state index < -0.39 is 0 Å². The summed E-state index contributed by atoms with van der Waals surface area (Å²) >= 11 is 5.87. The lowest BCUT2D eigenvalue weighted by Crippen LogP contribution is -2.27. The number of aromatic nitrogens is 2. The highest BCUT2D eigenvalue weighted by Gasteiger charge is 2.13. The van der Waals surface area contributed by atoms with E-state index in [-0.39, 0.29) is 5.91 Å². The predicted molar refractivity (Wildman–Crippen MR) is 77.9 cm³/mol. The van der Waals surface area contributed by atoms with Crippen LogP contribution < -0.4 is 5.32 Å². The van der Waals surface area contributed by atoms with Crippen LogP contribution in [0, 0.1) is 0 Å². The van der Waals surface area contributed by atoms with Crippen molar-refractivity contribution < 1.29 is 9.53 Å². The minimum Gasteiger partial charge on any atom is -0.383 e. The molecular weight excluding hydrogens is 278 g/mol. The van der Waals surface area contributed by atoms with Crippen LogP contribution >= 0.6 is 11.6 Å². The molecule has 20 heavy (non-hydrogen) atoms. The van der Waals surface area contributed by atoms with Crippen molar-refractivity contribution >= 4 is 17.5 Å². The van der Waals surface area contributed by atoms with Gasteiger partial charge >= 0.3 is 0 Å². The zero-order valence-corrected chi connectivity index (χ0v) is 12.1. The quantitative estimate of drug-likeness (QED) is 0.859. The van der Waals surface area contributed by atoms with Crippen LogP contribution in [0.5, 0.6) is 0 Å². The van der Waals surface area contributed by atoms with Gasteiger partial charge in [-0.15, -0.1) is 0 Å². The van der Waals surface area contributed by atoms with E-state index in [4.69, 9.17) is 16.3 Å². The highest BCUT2D eigenvalue weighted by molar-refractivity contribution is 6.30. The number of ether oxygens (including phenoxy) is 1. The van der Waals surface area contributed by atoms with Crippen molar-refractivity contribution in [1.82, 2.24) is 15.1 Å². The fraction of sp³-hybridized carbons (Fsp3) is 0.286. The number of nitrogens with zero attached hydrogens (tertiary/aromatic N) is 2. The molecule has 0 aliphatic heterocycles. The van der Waals surface area contributed by atoms with Gasteiger partial charge in [0.2, 0.25) is 0 Å². The molecule has 0 atom stereocenters. The molecule has 6 heteroatoms. The lowest BCUT2D eigenvalue weighted by molar-refractivity contribution is 0.0931. The Bertz CT molecular complexity index is 593. The van der Waals surface area contributed by atoms with Gasteiger partial charge in [0.15, 0.2) is 5.69 Å². The first-order valence-corrected chi connectivity index (χ1v) is 6.56. The fourth-order valence-corrected chi connectivity index (χ4v) is 1.95. The zero-order chi connectivity index (χ0) is 14.5. The number of benzene rings is 1. The molecule has 0 unspecified atom stereocenters. The Hall–Kier alpha value is -1.85. The van der Waals surface area contributed by atoms with Crippen molar-refractivity contribution in [3.05, 3.63) is 41.0 Å². The third-order valence-corrected chi connectivity index (χ3v) is 3.10. The van der Waals surface area contributed by atoms with Crippen molar-refractivity contribution in [2.45, 2.75) is 0 Å². The molecular formula is C14H16ClN3O2. The summed E-state index contributed by atoms with van der Waals surface area (Å²) in [5.74, 6) is -0.210. The first-order valence-electron chi connectivity index (χ1n) is 6.19. The van der Waals surface area contributed by atoms with Gasteiger partial charge in [0.1, 0.15) is 0 Å². The summed E-state index contributed by atoms with van der Waals surface area (Å²) in [5, 5.41) is 7.63. The number of amides is 1. The number of rotatable bonds is 5. The maximum atomic E-state index is 11.9. The lowest BCUT2D eigenvalue weighted by atomic mass is 10.1. The summed E-state index contributed by atoms with van der Waals surface area (Å²) in [6.45, 7) is 0.935. The molecule has 0 bridgehead atoms. The predicted octanol–water partition coefficient (Wildman–Crippen LogP) is 2.12. The summed E-state index contributed by atoms with van der Waals surface area (Å²) in [4.78, 5) is 11.9. The average molecular weight is 294 g/mol. The Kier molecular flexibility index (Phi) is 4.76. The molecule has 0 radical (unpaired) electrons. The largest absolute Gasteiger partial charge is 0.383 e. The van der Waals surface area contributed by atoms with E-state index in [1.165, 1.54) is 0 Å². The minimum atomic E-state index is -0.210. The lowest BCUT2D eigenvalue weighted by Gasteiger charge is -2.00. The van der Waals surface area contributed by atoms with E-state index in [9.17, 15) is 4.79 Å². The van der Waals surface area contributed by atoms with Gasteiger partial charge in [-0.2, -0.15) is 5.10 Å². The van der Waals surface area contributed by atoms with Crippen LogP contribution in [0.15, 0.2) is 30.3 Å². The van der Waals surface area contributed by atoms with Crippen LogP contribution in [0.3, 0.4) is 0 Å². The Labute approximate surface area is 122 Å². The van der Waals surface area contributed by atoms with Crippen LogP contribution in [0.2, 0.25) is 5.02 Å². The Balaban J connectivity index is 2.17. The topological polar surface area (TPSA) is 56.1 Å². The normalized spacial score (nSPS) is 10.6. The molecule has 0 fully saturated rings. The highest BCUT2D eigenvalue weighted by Crippen LogP contribution is 2.21. The van der Waals surface area contributed by atoms with Crippen molar-refractivity contribution in [1.29, 1.82) is 0 Å². The Morgan fingerprint density at radius 2 is 2.10 bits per heavy atom. The zero-order valence-electron chi connectivity index (χ0n) is 11.4. The smallest absolute Gasteiger partial charge is 0.271 e. The third-order valence-electron chi connectivity index (χ3n) is 2.84. The summed E-state index contributed by atoms with van der Waals surface area (Å²) < 4.78 is 6.56. The summed E-state index contributed by atoms with van der Waals surface area (Å²) in [6, 6.07) is 9.16. The van der Waals surface area contributed by atoms with Crippen molar-refractivity contribution in [2.75, 3.05) is 20.3 Å². The number of halogens is 1. The van der Waals surface area contributed by atoms with Gasteiger partial charge in [-0.25, -0.2) is 0 Å². The summed E-state index contributed by atoms with van der Waals surface area (Å²) in [7, 11) is 3.39. The number of carbonyl (C=O) groups is 1. The number of nitrogens with one attached hydrogen (secondary N) is 1. The van der Waals surface area contributed by atoms with E-state index in [0.717, 1.165) is 11.3 Å². The van der Waals surface area contributed by atoms with Crippen LogP contribution in [0.4, 0.5) is 0 Å².